The summed E-state index contributed by atoms with van der Waals surface area (Å²) in [6.45, 7) is 1.30. The maximum absolute atomic E-state index is 7.21. The molecule has 0 atom stereocenters. The first kappa shape index (κ1) is 10.5. The van der Waals surface area contributed by atoms with E-state index in [2.05, 4.69) is 10.3 Å². The molecule has 0 aliphatic heterocycles. The van der Waals surface area contributed by atoms with E-state index < -0.39 is 0 Å². The van der Waals surface area contributed by atoms with Gasteiger partial charge in [0.25, 0.3) is 0 Å². The highest BCUT2D eigenvalue weighted by Gasteiger charge is 1.98. The van der Waals surface area contributed by atoms with Crippen LogP contribution in [0.25, 0.3) is 0 Å². The van der Waals surface area contributed by atoms with Crippen LogP contribution in [0.15, 0.2) is 18.2 Å². The first-order valence-corrected chi connectivity index (χ1v) is 4.28. The minimum absolute atomic E-state index is 0.0274. The van der Waals surface area contributed by atoms with Crippen LogP contribution < -0.4 is 11.1 Å². The van der Waals surface area contributed by atoms with E-state index in [9.17, 15) is 0 Å². The lowest BCUT2D eigenvalue weighted by Gasteiger charge is -2.05. The number of anilines is 1. The van der Waals surface area contributed by atoms with E-state index in [4.69, 9.17) is 15.9 Å². The molecule has 0 aliphatic rings. The van der Waals surface area contributed by atoms with Crippen LogP contribution in [-0.2, 0) is 4.74 Å². The highest BCUT2D eigenvalue weighted by molar-refractivity contribution is 5.93. The number of hydrogen-bond donors (Lipinski definition) is 3. The summed E-state index contributed by atoms with van der Waals surface area (Å²) in [6, 6.07) is 5.32. The van der Waals surface area contributed by atoms with Crippen molar-refractivity contribution >= 4 is 11.7 Å². The zero-order valence-electron chi connectivity index (χ0n) is 8.08. The van der Waals surface area contributed by atoms with Gasteiger partial charge in [0.15, 0.2) is 0 Å². The largest absolute Gasteiger partial charge is 0.383 e. The molecule has 0 aromatic carbocycles. The van der Waals surface area contributed by atoms with Crippen molar-refractivity contribution in [1.29, 1.82) is 5.41 Å². The Morgan fingerprint density at radius 2 is 2.43 bits per heavy atom. The second kappa shape index (κ2) is 5.18. The molecule has 1 aromatic heterocycles. The van der Waals surface area contributed by atoms with E-state index in [0.29, 0.717) is 24.7 Å². The van der Waals surface area contributed by atoms with Crippen LogP contribution in [-0.4, -0.2) is 31.1 Å². The number of aromatic nitrogens is 1. The third-order valence-corrected chi connectivity index (χ3v) is 1.64. The zero-order chi connectivity index (χ0) is 10.4. The van der Waals surface area contributed by atoms with E-state index in [1.807, 2.05) is 6.07 Å². The van der Waals surface area contributed by atoms with Crippen LogP contribution in [0.2, 0.25) is 0 Å². The van der Waals surface area contributed by atoms with Gasteiger partial charge in [-0.2, -0.15) is 0 Å². The summed E-state index contributed by atoms with van der Waals surface area (Å²) in [4.78, 5) is 4.13. The molecule has 0 saturated heterocycles. The van der Waals surface area contributed by atoms with Crippen molar-refractivity contribution in [1.82, 2.24) is 4.98 Å². The van der Waals surface area contributed by atoms with Crippen LogP contribution >= 0.6 is 0 Å². The predicted molar refractivity (Wildman–Crippen MR) is 55.6 cm³/mol. The SMILES string of the molecule is COCCNc1cccc(C(=N)N)n1. The van der Waals surface area contributed by atoms with Crippen LogP contribution in [0.1, 0.15) is 5.69 Å². The lowest BCUT2D eigenvalue weighted by atomic mass is 10.3. The monoisotopic (exact) mass is 194 g/mol. The summed E-state index contributed by atoms with van der Waals surface area (Å²) < 4.78 is 4.88. The van der Waals surface area contributed by atoms with Gasteiger partial charge in [-0.3, -0.25) is 5.41 Å². The molecule has 0 aliphatic carbocycles. The van der Waals surface area contributed by atoms with E-state index in [1.165, 1.54) is 0 Å². The van der Waals surface area contributed by atoms with Gasteiger partial charge in [-0.1, -0.05) is 6.07 Å². The lowest BCUT2D eigenvalue weighted by molar-refractivity contribution is 0.210. The number of nitrogens with two attached hydrogens (primary N) is 1. The molecule has 0 amide bonds. The van der Waals surface area contributed by atoms with Gasteiger partial charge in [0, 0.05) is 13.7 Å². The molecule has 0 fully saturated rings. The number of nitrogen functional groups attached to an aromatic ring is 1. The lowest BCUT2D eigenvalue weighted by Crippen LogP contribution is -2.15. The van der Waals surface area contributed by atoms with Crippen molar-refractivity contribution in [2.75, 3.05) is 25.6 Å². The first-order chi connectivity index (χ1) is 6.74. The number of nitrogens with one attached hydrogen (secondary N) is 2. The van der Waals surface area contributed by atoms with Gasteiger partial charge < -0.3 is 15.8 Å². The molecule has 0 unspecified atom stereocenters. The van der Waals surface area contributed by atoms with Gasteiger partial charge >= 0.3 is 0 Å². The first-order valence-electron chi connectivity index (χ1n) is 4.28. The van der Waals surface area contributed by atoms with Crippen molar-refractivity contribution < 1.29 is 4.74 Å². The highest BCUT2D eigenvalue weighted by atomic mass is 16.5. The molecule has 5 nitrogen and oxygen atoms in total. The van der Waals surface area contributed by atoms with E-state index in [1.54, 1.807) is 19.2 Å². The zero-order valence-corrected chi connectivity index (χ0v) is 8.08. The Morgan fingerprint density at radius 1 is 1.64 bits per heavy atom. The Morgan fingerprint density at radius 3 is 3.07 bits per heavy atom. The van der Waals surface area contributed by atoms with Crippen molar-refractivity contribution in [3.05, 3.63) is 23.9 Å². The maximum atomic E-state index is 7.21. The average Bonchev–Trinajstić information content (AvgIpc) is 2.19. The molecular weight excluding hydrogens is 180 g/mol. The molecule has 0 saturated carbocycles. The van der Waals surface area contributed by atoms with Gasteiger partial charge in [0.05, 0.1) is 6.61 Å². The van der Waals surface area contributed by atoms with Crippen molar-refractivity contribution in [3.63, 3.8) is 0 Å². The molecule has 1 rings (SSSR count). The van der Waals surface area contributed by atoms with Crippen LogP contribution in [0.4, 0.5) is 5.82 Å². The van der Waals surface area contributed by atoms with Crippen LogP contribution in [0.5, 0.6) is 0 Å². The highest BCUT2D eigenvalue weighted by Crippen LogP contribution is 2.03. The quantitative estimate of drug-likeness (QED) is 0.360. The molecule has 5 heteroatoms. The minimum Gasteiger partial charge on any atom is -0.383 e. The number of rotatable bonds is 5. The number of ether oxygens (including phenoxy) is 1. The Kier molecular flexibility index (Phi) is 3.87. The molecule has 76 valence electrons. The fourth-order valence-electron chi connectivity index (χ4n) is 0.964. The minimum atomic E-state index is -0.0274. The predicted octanol–water partition coefficient (Wildman–Crippen LogP) is 0.424. The smallest absolute Gasteiger partial charge is 0.141 e. The van der Waals surface area contributed by atoms with E-state index >= 15 is 0 Å². The van der Waals surface area contributed by atoms with Crippen LogP contribution in [0, 0.1) is 5.41 Å². The van der Waals surface area contributed by atoms with E-state index in [-0.39, 0.29) is 5.84 Å². The molecule has 0 spiro atoms. The summed E-state index contributed by atoms with van der Waals surface area (Å²) in [5.74, 6) is 0.676. The maximum Gasteiger partial charge on any atom is 0.141 e. The van der Waals surface area contributed by atoms with Crippen LogP contribution in [0.3, 0.4) is 0 Å². The topological polar surface area (TPSA) is 84.0 Å². The second-order valence-corrected chi connectivity index (χ2v) is 2.74. The average molecular weight is 194 g/mol. The third kappa shape index (κ3) is 3.02. The summed E-state index contributed by atoms with van der Waals surface area (Å²) >= 11 is 0. The second-order valence-electron chi connectivity index (χ2n) is 2.74. The number of pyridine rings is 1. The number of methoxy groups -OCH3 is 1. The van der Waals surface area contributed by atoms with Crippen molar-refractivity contribution in [2.45, 2.75) is 0 Å². The summed E-state index contributed by atoms with van der Waals surface area (Å²) in [5.41, 5.74) is 5.78. The van der Waals surface area contributed by atoms with Gasteiger partial charge in [0.2, 0.25) is 0 Å². The van der Waals surface area contributed by atoms with Crippen molar-refractivity contribution in [3.8, 4) is 0 Å². The third-order valence-electron chi connectivity index (χ3n) is 1.64. The molecule has 14 heavy (non-hydrogen) atoms. The number of hydrogen-bond acceptors (Lipinski definition) is 4. The fraction of sp³-hybridized carbons (Fsp3) is 0.333. The molecule has 1 heterocycles. The van der Waals surface area contributed by atoms with E-state index in [0.717, 1.165) is 0 Å². The van der Waals surface area contributed by atoms with Gasteiger partial charge in [-0.05, 0) is 12.1 Å². The summed E-state index contributed by atoms with van der Waals surface area (Å²) in [5, 5.41) is 10.3. The normalized spacial score (nSPS) is 9.79. The van der Waals surface area contributed by atoms with Gasteiger partial charge in [0.1, 0.15) is 17.3 Å². The molecule has 4 N–H and O–H groups in total. The fourth-order valence-corrected chi connectivity index (χ4v) is 0.964. The molecule has 0 radical (unpaired) electrons. The van der Waals surface area contributed by atoms with Crippen molar-refractivity contribution in [2.24, 2.45) is 5.73 Å². The summed E-state index contributed by atoms with van der Waals surface area (Å²) in [6.07, 6.45) is 0. The molecule has 0 bridgehead atoms. The number of amidine groups is 1. The Bertz CT molecular complexity index is 313. The summed E-state index contributed by atoms with van der Waals surface area (Å²) in [7, 11) is 1.64. The molecular formula is C9H14N4O. The van der Waals surface area contributed by atoms with Gasteiger partial charge in [-0.15, -0.1) is 0 Å². The standard InChI is InChI=1S/C9H14N4O/c1-14-6-5-12-8-4-2-3-7(13-8)9(10)11/h2-4H,5-6H2,1H3,(H3,10,11)(H,12,13). The van der Waals surface area contributed by atoms with Gasteiger partial charge in [-0.25, -0.2) is 4.98 Å². The Balaban J connectivity index is 2.59. The number of nitrogens with zero attached hydrogens (tertiary/aromatic N) is 1. The molecule has 1 aromatic rings. The Labute approximate surface area is 82.8 Å². The Hall–Kier alpha value is -1.62.